The van der Waals surface area contributed by atoms with Crippen molar-refractivity contribution in [1.29, 1.82) is 0 Å². The Morgan fingerprint density at radius 1 is 0.943 bits per heavy atom. The molecule has 1 amide bonds. The Balaban J connectivity index is 1.42. The van der Waals surface area contributed by atoms with Gasteiger partial charge in [-0.2, -0.15) is 0 Å². The summed E-state index contributed by atoms with van der Waals surface area (Å²) in [6, 6.07) is 22.1. The van der Waals surface area contributed by atoms with Crippen molar-refractivity contribution in [2.45, 2.75) is 32.9 Å². The Bertz CT molecular complexity index is 1570. The number of nitrogens with zero attached hydrogens (tertiary/aromatic N) is 4. The number of benzene rings is 3. The van der Waals surface area contributed by atoms with Gasteiger partial charge in [0.25, 0.3) is 5.56 Å². The predicted molar refractivity (Wildman–Crippen MR) is 133 cm³/mol. The fraction of sp³-hybridized carbons (Fsp3) is 0.185. The quantitative estimate of drug-likeness (QED) is 0.382. The van der Waals surface area contributed by atoms with Gasteiger partial charge in [-0.15, -0.1) is 10.2 Å². The number of amides is 1. The summed E-state index contributed by atoms with van der Waals surface area (Å²) in [5.74, 6) is 1.14. The molecule has 0 aliphatic rings. The van der Waals surface area contributed by atoms with E-state index in [0.29, 0.717) is 36.5 Å². The Morgan fingerprint density at radius 3 is 2.43 bits per heavy atom. The smallest absolute Gasteiger partial charge is 0.263 e. The molecule has 8 heteroatoms. The lowest BCUT2D eigenvalue weighted by molar-refractivity contribution is -0.121. The number of hydrogen-bond acceptors (Lipinski definition) is 5. The topological polar surface area (TPSA) is 102 Å². The summed E-state index contributed by atoms with van der Waals surface area (Å²) >= 11 is 0. The highest BCUT2D eigenvalue weighted by atomic mass is 16.3. The van der Waals surface area contributed by atoms with Crippen LogP contribution in [0.1, 0.15) is 28.9 Å². The van der Waals surface area contributed by atoms with Crippen LogP contribution in [-0.2, 0) is 24.3 Å². The molecular weight excluding hydrogens is 442 g/mol. The van der Waals surface area contributed by atoms with Crippen molar-refractivity contribution in [3.63, 3.8) is 0 Å². The first kappa shape index (κ1) is 22.3. The number of fused-ring (bicyclic) bond motifs is 3. The molecular formula is C27H25N5O3. The number of aromatic hydroxyl groups is 1. The molecule has 0 aliphatic heterocycles. The molecule has 0 saturated carbocycles. The molecule has 3 aromatic carbocycles. The van der Waals surface area contributed by atoms with E-state index in [1.54, 1.807) is 34.9 Å². The Hall–Kier alpha value is -4.46. The zero-order valence-corrected chi connectivity index (χ0v) is 19.3. The lowest BCUT2D eigenvalue weighted by atomic mass is 10.1. The highest BCUT2D eigenvalue weighted by molar-refractivity contribution is 5.80. The number of hydrogen-bond donors (Lipinski definition) is 2. The number of carbonyl (C=O) groups excluding carboxylic acids is 1. The largest absolute Gasteiger partial charge is 0.508 e. The van der Waals surface area contributed by atoms with Gasteiger partial charge in [0.05, 0.1) is 17.4 Å². The average molecular weight is 468 g/mol. The number of rotatable bonds is 7. The van der Waals surface area contributed by atoms with Crippen LogP contribution < -0.4 is 10.9 Å². The molecule has 0 spiro atoms. The standard InChI is InChI=1S/C27H25N5O3/c1-18-6-8-20(9-7-18)17-31-26(35)22-4-2-3-5-23(22)32-24(29-30-27(31)32)14-15-25(34)28-16-19-10-12-21(33)13-11-19/h2-13,33H,14-17H2,1H3,(H,28,34). The van der Waals surface area contributed by atoms with Gasteiger partial charge in [0, 0.05) is 19.4 Å². The molecule has 0 fully saturated rings. The minimum absolute atomic E-state index is 0.118. The summed E-state index contributed by atoms with van der Waals surface area (Å²) in [5.41, 5.74) is 3.64. The minimum atomic E-state index is -0.126. The van der Waals surface area contributed by atoms with Crippen molar-refractivity contribution < 1.29 is 9.90 Å². The van der Waals surface area contributed by atoms with Gasteiger partial charge in [0.1, 0.15) is 11.6 Å². The highest BCUT2D eigenvalue weighted by Gasteiger charge is 2.17. The van der Waals surface area contributed by atoms with Gasteiger partial charge in [-0.1, -0.05) is 54.1 Å². The molecule has 176 valence electrons. The number of para-hydroxylation sites is 1. The van der Waals surface area contributed by atoms with Crippen molar-refractivity contribution in [1.82, 2.24) is 24.5 Å². The van der Waals surface area contributed by atoms with Crippen LogP contribution in [0.5, 0.6) is 5.75 Å². The summed E-state index contributed by atoms with van der Waals surface area (Å²) in [6.45, 7) is 2.77. The second kappa shape index (κ2) is 9.42. The van der Waals surface area contributed by atoms with Gasteiger partial charge in [-0.05, 0) is 42.3 Å². The Kier molecular flexibility index (Phi) is 6.01. The first-order chi connectivity index (χ1) is 17.0. The third-order valence-electron chi connectivity index (χ3n) is 6.04. The predicted octanol–water partition coefficient (Wildman–Crippen LogP) is 3.36. The van der Waals surface area contributed by atoms with Crippen LogP contribution in [0.25, 0.3) is 16.7 Å². The number of nitrogens with one attached hydrogen (secondary N) is 1. The molecule has 35 heavy (non-hydrogen) atoms. The summed E-state index contributed by atoms with van der Waals surface area (Å²) in [6.07, 6.45) is 0.597. The van der Waals surface area contributed by atoms with E-state index >= 15 is 0 Å². The molecule has 5 aromatic rings. The van der Waals surface area contributed by atoms with E-state index in [1.807, 2.05) is 53.8 Å². The van der Waals surface area contributed by atoms with Crippen LogP contribution in [0, 0.1) is 6.92 Å². The molecule has 0 unspecified atom stereocenters. The van der Waals surface area contributed by atoms with Crippen molar-refractivity contribution in [2.75, 3.05) is 0 Å². The number of phenolic OH excluding ortho intramolecular Hbond substituents is 1. The van der Waals surface area contributed by atoms with Crippen LogP contribution in [-0.4, -0.2) is 30.2 Å². The van der Waals surface area contributed by atoms with Gasteiger partial charge < -0.3 is 10.4 Å². The van der Waals surface area contributed by atoms with Crippen molar-refractivity contribution in [2.24, 2.45) is 0 Å². The molecule has 0 radical (unpaired) electrons. The van der Waals surface area contributed by atoms with Gasteiger partial charge in [0.15, 0.2) is 0 Å². The zero-order valence-electron chi connectivity index (χ0n) is 19.3. The number of aromatic nitrogens is 4. The maximum Gasteiger partial charge on any atom is 0.263 e. The fourth-order valence-electron chi connectivity index (χ4n) is 4.12. The van der Waals surface area contributed by atoms with E-state index < -0.39 is 0 Å². The zero-order chi connectivity index (χ0) is 24.4. The normalized spacial score (nSPS) is 11.2. The molecule has 0 saturated heterocycles. The lowest BCUT2D eigenvalue weighted by Gasteiger charge is -2.12. The SMILES string of the molecule is Cc1ccc(Cn2c(=O)c3ccccc3n3c(CCC(=O)NCc4ccc(O)cc4)nnc23)cc1. The molecule has 8 nitrogen and oxygen atoms in total. The van der Waals surface area contributed by atoms with E-state index in [2.05, 4.69) is 15.5 Å². The van der Waals surface area contributed by atoms with Crippen molar-refractivity contribution >= 4 is 22.6 Å². The minimum Gasteiger partial charge on any atom is -0.508 e. The third-order valence-corrected chi connectivity index (χ3v) is 6.04. The molecule has 2 heterocycles. The Morgan fingerprint density at radius 2 is 1.66 bits per heavy atom. The fourth-order valence-corrected chi connectivity index (χ4v) is 4.12. The maximum atomic E-state index is 13.3. The number of aryl methyl sites for hydroxylation is 2. The monoisotopic (exact) mass is 467 g/mol. The molecule has 2 aromatic heterocycles. The van der Waals surface area contributed by atoms with E-state index in [9.17, 15) is 14.7 Å². The summed E-state index contributed by atoms with van der Waals surface area (Å²) in [7, 11) is 0. The van der Waals surface area contributed by atoms with Crippen LogP contribution >= 0.6 is 0 Å². The lowest BCUT2D eigenvalue weighted by Crippen LogP contribution is -2.25. The molecule has 0 aliphatic carbocycles. The van der Waals surface area contributed by atoms with Crippen LogP contribution in [0.3, 0.4) is 0 Å². The maximum absolute atomic E-state index is 13.3. The molecule has 0 atom stereocenters. The molecule has 2 N–H and O–H groups in total. The van der Waals surface area contributed by atoms with E-state index in [4.69, 9.17) is 0 Å². The van der Waals surface area contributed by atoms with E-state index in [1.165, 1.54) is 0 Å². The van der Waals surface area contributed by atoms with E-state index in [-0.39, 0.29) is 23.6 Å². The van der Waals surface area contributed by atoms with Crippen LogP contribution in [0.2, 0.25) is 0 Å². The second-order valence-electron chi connectivity index (χ2n) is 8.59. The third kappa shape index (κ3) is 4.63. The first-order valence-corrected chi connectivity index (χ1v) is 11.5. The van der Waals surface area contributed by atoms with Gasteiger partial charge in [0.2, 0.25) is 11.7 Å². The van der Waals surface area contributed by atoms with Crippen LogP contribution in [0.15, 0.2) is 77.6 Å². The van der Waals surface area contributed by atoms with Crippen LogP contribution in [0.4, 0.5) is 0 Å². The number of phenols is 1. The van der Waals surface area contributed by atoms with E-state index in [0.717, 1.165) is 22.2 Å². The second-order valence-corrected chi connectivity index (χ2v) is 8.59. The highest BCUT2D eigenvalue weighted by Crippen LogP contribution is 2.17. The van der Waals surface area contributed by atoms with Crippen molar-refractivity contribution in [3.05, 3.63) is 106 Å². The van der Waals surface area contributed by atoms with Crippen molar-refractivity contribution in [3.8, 4) is 5.75 Å². The summed E-state index contributed by atoms with van der Waals surface area (Å²) in [4.78, 5) is 25.8. The average Bonchev–Trinajstić information content (AvgIpc) is 3.30. The molecule has 5 rings (SSSR count). The van der Waals surface area contributed by atoms with Gasteiger partial charge in [-0.3, -0.25) is 18.6 Å². The summed E-state index contributed by atoms with van der Waals surface area (Å²) < 4.78 is 3.51. The molecule has 0 bridgehead atoms. The summed E-state index contributed by atoms with van der Waals surface area (Å²) in [5, 5.41) is 21.5. The Labute approximate surface area is 201 Å². The first-order valence-electron chi connectivity index (χ1n) is 11.5. The number of carbonyl (C=O) groups is 1. The van der Waals surface area contributed by atoms with Gasteiger partial charge in [-0.25, -0.2) is 0 Å². The van der Waals surface area contributed by atoms with Gasteiger partial charge >= 0.3 is 0 Å².